The molecule has 2 N–H and O–H groups in total. The van der Waals surface area contributed by atoms with Crippen molar-refractivity contribution in [3.63, 3.8) is 0 Å². The largest absolute Gasteiger partial charge is 0.405 e. The minimum absolute atomic E-state index is 0.161. The van der Waals surface area contributed by atoms with E-state index in [4.69, 9.17) is 5.73 Å². The van der Waals surface area contributed by atoms with E-state index in [2.05, 4.69) is 15.9 Å². The number of alkyl halides is 3. The van der Waals surface area contributed by atoms with Crippen molar-refractivity contribution >= 4 is 21.6 Å². The lowest BCUT2D eigenvalue weighted by Gasteiger charge is -2.26. The highest BCUT2D eigenvalue weighted by Crippen LogP contribution is 2.29. The van der Waals surface area contributed by atoms with Gasteiger partial charge in [0.1, 0.15) is 6.54 Å². The van der Waals surface area contributed by atoms with E-state index in [1.807, 2.05) is 13.8 Å². The second-order valence-electron chi connectivity index (χ2n) is 4.53. The summed E-state index contributed by atoms with van der Waals surface area (Å²) in [6, 6.07) is 4.99. The molecule has 0 spiro atoms. The van der Waals surface area contributed by atoms with Crippen molar-refractivity contribution in [3.8, 4) is 0 Å². The summed E-state index contributed by atoms with van der Waals surface area (Å²) in [6.45, 7) is 3.11. The van der Waals surface area contributed by atoms with Crippen LogP contribution in [0.2, 0.25) is 0 Å². The van der Waals surface area contributed by atoms with Crippen molar-refractivity contribution in [2.24, 2.45) is 5.73 Å². The van der Waals surface area contributed by atoms with Gasteiger partial charge in [0.2, 0.25) is 0 Å². The number of hydrogen-bond donors (Lipinski definition) is 1. The Balaban J connectivity index is 3.00. The zero-order valence-corrected chi connectivity index (χ0v) is 12.6. The third-order valence-corrected chi connectivity index (χ3v) is 3.39. The Kier molecular flexibility index (Phi) is 5.67. The number of hydrogen-bond acceptors (Lipinski definition) is 2. The summed E-state index contributed by atoms with van der Waals surface area (Å²) in [6.07, 6.45) is -3.55. The molecular formula is C13H18BrF3N2. The van der Waals surface area contributed by atoms with Gasteiger partial charge in [0.25, 0.3) is 0 Å². The van der Waals surface area contributed by atoms with Gasteiger partial charge in [-0.05, 0) is 31.0 Å². The SMILES string of the molecule is CCCN(CC(F)(F)F)c1ccc(C(C)N)c(Br)c1. The Morgan fingerprint density at radius 1 is 1.37 bits per heavy atom. The van der Waals surface area contributed by atoms with E-state index < -0.39 is 12.7 Å². The van der Waals surface area contributed by atoms with Crippen molar-refractivity contribution in [2.45, 2.75) is 32.5 Å². The molecule has 1 aromatic carbocycles. The molecule has 0 radical (unpaired) electrons. The van der Waals surface area contributed by atoms with Gasteiger partial charge in [-0.15, -0.1) is 0 Å². The standard InChI is InChI=1S/C13H18BrF3N2/c1-3-6-19(8-13(15,16)17)10-4-5-11(9(2)18)12(14)7-10/h4-5,7,9H,3,6,8,18H2,1-2H3. The van der Waals surface area contributed by atoms with Crippen LogP contribution in [0.1, 0.15) is 31.9 Å². The maximum atomic E-state index is 12.5. The fraction of sp³-hybridized carbons (Fsp3) is 0.538. The van der Waals surface area contributed by atoms with Gasteiger partial charge in [-0.2, -0.15) is 13.2 Å². The van der Waals surface area contributed by atoms with E-state index in [-0.39, 0.29) is 6.04 Å². The number of nitrogens with two attached hydrogens (primary N) is 1. The molecule has 0 aliphatic rings. The first kappa shape index (κ1) is 16.3. The van der Waals surface area contributed by atoms with E-state index >= 15 is 0 Å². The van der Waals surface area contributed by atoms with E-state index in [9.17, 15) is 13.2 Å². The molecule has 0 aromatic heterocycles. The van der Waals surface area contributed by atoms with Crippen LogP contribution in [0.15, 0.2) is 22.7 Å². The van der Waals surface area contributed by atoms with Gasteiger partial charge in [0.15, 0.2) is 0 Å². The maximum absolute atomic E-state index is 12.5. The third kappa shape index (κ3) is 5.03. The Morgan fingerprint density at radius 3 is 2.42 bits per heavy atom. The Hall–Kier alpha value is -0.750. The average molecular weight is 339 g/mol. The summed E-state index contributed by atoms with van der Waals surface area (Å²) in [5, 5.41) is 0. The normalized spacial score (nSPS) is 13.4. The molecule has 108 valence electrons. The minimum Gasteiger partial charge on any atom is -0.363 e. The summed E-state index contributed by atoms with van der Waals surface area (Å²) in [7, 11) is 0. The zero-order chi connectivity index (χ0) is 14.6. The highest BCUT2D eigenvalue weighted by molar-refractivity contribution is 9.10. The van der Waals surface area contributed by atoms with E-state index in [0.717, 1.165) is 10.0 Å². The van der Waals surface area contributed by atoms with E-state index in [1.54, 1.807) is 18.2 Å². The molecule has 0 saturated carbocycles. The molecule has 0 heterocycles. The smallest absolute Gasteiger partial charge is 0.363 e. The second kappa shape index (κ2) is 6.61. The fourth-order valence-corrected chi connectivity index (χ4v) is 2.60. The van der Waals surface area contributed by atoms with Crippen molar-refractivity contribution in [2.75, 3.05) is 18.0 Å². The minimum atomic E-state index is -4.21. The van der Waals surface area contributed by atoms with E-state index in [1.165, 1.54) is 4.90 Å². The molecule has 0 bridgehead atoms. The van der Waals surface area contributed by atoms with Crippen LogP contribution < -0.4 is 10.6 Å². The van der Waals surface area contributed by atoms with Crippen LogP contribution in [-0.2, 0) is 0 Å². The van der Waals surface area contributed by atoms with Crippen molar-refractivity contribution < 1.29 is 13.2 Å². The molecule has 0 saturated heterocycles. The van der Waals surface area contributed by atoms with Crippen LogP contribution in [-0.4, -0.2) is 19.3 Å². The first-order chi connectivity index (χ1) is 8.74. The quantitative estimate of drug-likeness (QED) is 0.869. The van der Waals surface area contributed by atoms with Gasteiger partial charge in [-0.25, -0.2) is 0 Å². The highest BCUT2D eigenvalue weighted by atomic mass is 79.9. The first-order valence-corrected chi connectivity index (χ1v) is 6.90. The third-order valence-electron chi connectivity index (χ3n) is 2.70. The molecular weight excluding hydrogens is 321 g/mol. The van der Waals surface area contributed by atoms with Gasteiger partial charge in [-0.3, -0.25) is 0 Å². The molecule has 1 unspecified atom stereocenters. The van der Waals surface area contributed by atoms with Crippen LogP contribution >= 0.6 is 15.9 Å². The second-order valence-corrected chi connectivity index (χ2v) is 5.39. The summed E-state index contributed by atoms with van der Waals surface area (Å²) >= 11 is 3.36. The topological polar surface area (TPSA) is 29.3 Å². The lowest BCUT2D eigenvalue weighted by molar-refractivity contribution is -0.119. The Labute approximate surface area is 119 Å². The predicted molar refractivity (Wildman–Crippen MR) is 75.3 cm³/mol. The number of nitrogens with zero attached hydrogens (tertiary/aromatic N) is 1. The van der Waals surface area contributed by atoms with Crippen LogP contribution in [0, 0.1) is 0 Å². The zero-order valence-electron chi connectivity index (χ0n) is 11.0. The van der Waals surface area contributed by atoms with E-state index in [0.29, 0.717) is 18.7 Å². The van der Waals surface area contributed by atoms with Gasteiger partial charge in [0, 0.05) is 22.7 Å². The lowest BCUT2D eigenvalue weighted by atomic mass is 10.1. The molecule has 0 fully saturated rings. The summed E-state index contributed by atoms with van der Waals surface area (Å²) < 4.78 is 38.4. The van der Waals surface area contributed by atoms with Gasteiger partial charge < -0.3 is 10.6 Å². The van der Waals surface area contributed by atoms with Gasteiger partial charge in [-0.1, -0.05) is 28.9 Å². The number of benzene rings is 1. The van der Waals surface area contributed by atoms with Gasteiger partial charge in [0.05, 0.1) is 0 Å². The average Bonchev–Trinajstić information content (AvgIpc) is 2.26. The molecule has 1 aromatic rings. The summed E-state index contributed by atoms with van der Waals surface area (Å²) in [4.78, 5) is 1.33. The monoisotopic (exact) mass is 338 g/mol. The molecule has 0 aliphatic carbocycles. The Bertz CT molecular complexity index is 419. The van der Waals surface area contributed by atoms with Gasteiger partial charge >= 0.3 is 6.18 Å². The van der Waals surface area contributed by atoms with Crippen molar-refractivity contribution in [1.82, 2.24) is 0 Å². The number of rotatable bonds is 5. The highest BCUT2D eigenvalue weighted by Gasteiger charge is 2.30. The molecule has 0 amide bonds. The predicted octanol–water partition coefficient (Wildman–Crippen LogP) is 4.25. The maximum Gasteiger partial charge on any atom is 0.405 e. The molecule has 1 atom stereocenters. The summed E-state index contributed by atoms with van der Waals surface area (Å²) in [5.74, 6) is 0. The fourth-order valence-electron chi connectivity index (χ4n) is 1.87. The van der Waals surface area contributed by atoms with Crippen LogP contribution in [0.3, 0.4) is 0 Å². The van der Waals surface area contributed by atoms with Crippen molar-refractivity contribution in [3.05, 3.63) is 28.2 Å². The molecule has 0 aliphatic heterocycles. The molecule has 6 heteroatoms. The first-order valence-electron chi connectivity index (χ1n) is 6.11. The Morgan fingerprint density at radius 2 is 2.00 bits per heavy atom. The van der Waals surface area contributed by atoms with Crippen LogP contribution in [0.25, 0.3) is 0 Å². The molecule has 2 nitrogen and oxygen atoms in total. The number of halogens is 4. The van der Waals surface area contributed by atoms with Crippen LogP contribution in [0.5, 0.6) is 0 Å². The molecule has 1 rings (SSSR count). The van der Waals surface area contributed by atoms with Crippen LogP contribution in [0.4, 0.5) is 18.9 Å². The number of anilines is 1. The molecule has 19 heavy (non-hydrogen) atoms. The lowest BCUT2D eigenvalue weighted by Crippen LogP contribution is -2.34. The van der Waals surface area contributed by atoms with Crippen molar-refractivity contribution in [1.29, 1.82) is 0 Å². The summed E-state index contributed by atoms with van der Waals surface area (Å²) in [5.41, 5.74) is 7.21.